The molecule has 2 amide bonds. The normalized spacial score (nSPS) is 13.9. The molecule has 3 rings (SSSR count). The maximum atomic E-state index is 12.5. The van der Waals surface area contributed by atoms with Crippen LogP contribution in [0.1, 0.15) is 28.8 Å². The summed E-state index contributed by atoms with van der Waals surface area (Å²) < 4.78 is 11.1. The van der Waals surface area contributed by atoms with E-state index < -0.39 is 0 Å². The van der Waals surface area contributed by atoms with Gasteiger partial charge in [-0.1, -0.05) is 30.3 Å². The van der Waals surface area contributed by atoms with Gasteiger partial charge >= 0.3 is 0 Å². The Kier molecular flexibility index (Phi) is 4.79. The van der Waals surface area contributed by atoms with Crippen LogP contribution in [0.4, 0.5) is 0 Å². The Morgan fingerprint density at radius 2 is 1.92 bits per heavy atom. The van der Waals surface area contributed by atoms with E-state index in [0.29, 0.717) is 36.6 Å². The number of hydrogen-bond acceptors (Lipinski definition) is 4. The Bertz CT molecular complexity index is 742. The molecule has 1 aliphatic rings. The van der Waals surface area contributed by atoms with Crippen LogP contribution >= 0.6 is 0 Å². The number of imide groups is 1. The summed E-state index contributed by atoms with van der Waals surface area (Å²) in [5.74, 6) is 0.626. The van der Waals surface area contributed by atoms with E-state index in [4.69, 9.17) is 9.47 Å². The summed E-state index contributed by atoms with van der Waals surface area (Å²) in [5.41, 5.74) is 1.44. The lowest BCUT2D eigenvalue weighted by molar-refractivity contribution is -0.125. The van der Waals surface area contributed by atoms with Crippen LogP contribution in [0.25, 0.3) is 0 Å². The van der Waals surface area contributed by atoms with Gasteiger partial charge in [-0.05, 0) is 30.2 Å². The Morgan fingerprint density at radius 3 is 2.58 bits per heavy atom. The molecule has 0 unspecified atom stereocenters. The highest BCUT2D eigenvalue weighted by atomic mass is 16.5. The summed E-state index contributed by atoms with van der Waals surface area (Å²) in [4.78, 5) is 25.5. The monoisotopic (exact) mass is 325 g/mol. The van der Waals surface area contributed by atoms with Crippen LogP contribution in [0.2, 0.25) is 0 Å². The summed E-state index contributed by atoms with van der Waals surface area (Å²) in [7, 11) is 1.55. The molecule has 124 valence electrons. The summed E-state index contributed by atoms with van der Waals surface area (Å²) in [5, 5.41) is 0. The second-order valence-corrected chi connectivity index (χ2v) is 5.59. The van der Waals surface area contributed by atoms with Crippen LogP contribution in [-0.2, 0) is 11.4 Å². The first-order valence-electron chi connectivity index (χ1n) is 7.88. The molecule has 5 heteroatoms. The van der Waals surface area contributed by atoms with Gasteiger partial charge < -0.3 is 9.47 Å². The number of nitrogens with zero attached hydrogens (tertiary/aromatic N) is 1. The quantitative estimate of drug-likeness (QED) is 0.793. The van der Waals surface area contributed by atoms with Gasteiger partial charge in [-0.15, -0.1) is 0 Å². The molecule has 0 N–H and O–H groups in total. The first-order chi connectivity index (χ1) is 11.7. The largest absolute Gasteiger partial charge is 0.493 e. The molecular weight excluding hydrogens is 306 g/mol. The second kappa shape index (κ2) is 7.17. The SMILES string of the molecule is COc1ccc(C(=O)N2CCCC2=O)cc1OCc1ccccc1. The first-order valence-corrected chi connectivity index (χ1v) is 7.88. The van der Waals surface area contributed by atoms with Crippen molar-refractivity contribution < 1.29 is 19.1 Å². The maximum Gasteiger partial charge on any atom is 0.260 e. The zero-order chi connectivity index (χ0) is 16.9. The van der Waals surface area contributed by atoms with Crippen molar-refractivity contribution in [2.24, 2.45) is 0 Å². The molecule has 1 fully saturated rings. The molecule has 0 bridgehead atoms. The molecule has 2 aromatic carbocycles. The number of benzene rings is 2. The van der Waals surface area contributed by atoms with Crippen LogP contribution in [-0.4, -0.2) is 30.4 Å². The average Bonchev–Trinajstić information content (AvgIpc) is 3.06. The van der Waals surface area contributed by atoms with Crippen LogP contribution in [0.5, 0.6) is 11.5 Å². The molecule has 24 heavy (non-hydrogen) atoms. The number of carbonyl (C=O) groups is 2. The minimum absolute atomic E-state index is 0.123. The number of carbonyl (C=O) groups excluding carboxylic acids is 2. The van der Waals surface area contributed by atoms with Gasteiger partial charge in [0, 0.05) is 18.5 Å². The van der Waals surface area contributed by atoms with Crippen molar-refractivity contribution in [3.8, 4) is 11.5 Å². The number of amides is 2. The summed E-state index contributed by atoms with van der Waals surface area (Å²) >= 11 is 0. The third-order valence-electron chi connectivity index (χ3n) is 3.97. The van der Waals surface area contributed by atoms with E-state index in [2.05, 4.69) is 0 Å². The summed E-state index contributed by atoms with van der Waals surface area (Å²) in [6.45, 7) is 0.849. The van der Waals surface area contributed by atoms with Crippen molar-refractivity contribution in [3.05, 3.63) is 59.7 Å². The zero-order valence-electron chi connectivity index (χ0n) is 13.5. The molecular formula is C19H19NO4. The number of rotatable bonds is 5. The Morgan fingerprint density at radius 1 is 1.12 bits per heavy atom. The molecule has 0 aliphatic carbocycles. The predicted molar refractivity (Wildman–Crippen MR) is 89.0 cm³/mol. The first kappa shape index (κ1) is 16.1. The van der Waals surface area contributed by atoms with E-state index in [-0.39, 0.29) is 11.8 Å². The fourth-order valence-corrected chi connectivity index (χ4v) is 2.68. The topological polar surface area (TPSA) is 55.8 Å². The van der Waals surface area contributed by atoms with Crippen molar-refractivity contribution in [2.45, 2.75) is 19.4 Å². The van der Waals surface area contributed by atoms with Gasteiger partial charge in [-0.3, -0.25) is 14.5 Å². The Hall–Kier alpha value is -2.82. The smallest absolute Gasteiger partial charge is 0.260 e. The van der Waals surface area contributed by atoms with E-state index in [1.807, 2.05) is 30.3 Å². The zero-order valence-corrected chi connectivity index (χ0v) is 13.5. The molecule has 1 saturated heterocycles. The van der Waals surface area contributed by atoms with Gasteiger partial charge in [0.05, 0.1) is 7.11 Å². The standard InChI is InChI=1S/C19H19NO4/c1-23-16-10-9-15(19(22)20-11-5-8-18(20)21)12-17(16)24-13-14-6-3-2-4-7-14/h2-4,6-7,9-10,12H,5,8,11,13H2,1H3. The molecule has 0 atom stereocenters. The molecule has 0 radical (unpaired) electrons. The Balaban J connectivity index is 1.80. The highest BCUT2D eigenvalue weighted by Gasteiger charge is 2.27. The van der Waals surface area contributed by atoms with Gasteiger partial charge in [0.25, 0.3) is 5.91 Å². The second-order valence-electron chi connectivity index (χ2n) is 5.59. The lowest BCUT2D eigenvalue weighted by Gasteiger charge is -2.16. The van der Waals surface area contributed by atoms with E-state index >= 15 is 0 Å². The fourth-order valence-electron chi connectivity index (χ4n) is 2.68. The van der Waals surface area contributed by atoms with E-state index in [1.165, 1.54) is 4.90 Å². The van der Waals surface area contributed by atoms with Crippen molar-refractivity contribution in [1.29, 1.82) is 0 Å². The van der Waals surface area contributed by atoms with Crippen molar-refractivity contribution in [3.63, 3.8) is 0 Å². The fraction of sp³-hybridized carbons (Fsp3) is 0.263. The molecule has 0 saturated carbocycles. The van der Waals surface area contributed by atoms with Crippen LogP contribution in [0.15, 0.2) is 48.5 Å². The third kappa shape index (κ3) is 3.40. The summed E-state index contributed by atoms with van der Waals surface area (Å²) in [6, 6.07) is 14.7. The number of likely N-dealkylation sites (tertiary alicyclic amines) is 1. The number of hydrogen-bond donors (Lipinski definition) is 0. The Labute approximate surface area is 140 Å². The van der Waals surface area contributed by atoms with Crippen molar-refractivity contribution in [2.75, 3.05) is 13.7 Å². The molecule has 2 aromatic rings. The highest BCUT2D eigenvalue weighted by Crippen LogP contribution is 2.30. The van der Waals surface area contributed by atoms with Gasteiger partial charge in [0.2, 0.25) is 5.91 Å². The number of methoxy groups -OCH3 is 1. The third-order valence-corrected chi connectivity index (χ3v) is 3.97. The van der Waals surface area contributed by atoms with Crippen LogP contribution < -0.4 is 9.47 Å². The lowest BCUT2D eigenvalue weighted by atomic mass is 10.1. The maximum absolute atomic E-state index is 12.5. The van der Waals surface area contributed by atoms with Gasteiger partial charge in [-0.25, -0.2) is 0 Å². The molecule has 0 spiro atoms. The van der Waals surface area contributed by atoms with Crippen LogP contribution in [0, 0.1) is 0 Å². The predicted octanol–water partition coefficient (Wildman–Crippen LogP) is 3.04. The minimum atomic E-state index is -0.287. The van der Waals surface area contributed by atoms with Crippen LogP contribution in [0.3, 0.4) is 0 Å². The average molecular weight is 325 g/mol. The molecule has 1 heterocycles. The van der Waals surface area contributed by atoms with Gasteiger partial charge in [0.1, 0.15) is 6.61 Å². The van der Waals surface area contributed by atoms with E-state index in [0.717, 1.165) is 12.0 Å². The van der Waals surface area contributed by atoms with Crippen molar-refractivity contribution in [1.82, 2.24) is 4.90 Å². The van der Waals surface area contributed by atoms with Crippen molar-refractivity contribution >= 4 is 11.8 Å². The highest BCUT2D eigenvalue weighted by molar-refractivity contribution is 6.05. The summed E-state index contributed by atoms with van der Waals surface area (Å²) in [6.07, 6.45) is 1.15. The van der Waals surface area contributed by atoms with Gasteiger partial charge in [-0.2, -0.15) is 0 Å². The van der Waals surface area contributed by atoms with E-state index in [1.54, 1.807) is 25.3 Å². The lowest BCUT2D eigenvalue weighted by Crippen LogP contribution is -2.31. The van der Waals surface area contributed by atoms with Gasteiger partial charge in [0.15, 0.2) is 11.5 Å². The molecule has 0 aromatic heterocycles. The number of ether oxygens (including phenoxy) is 2. The minimum Gasteiger partial charge on any atom is -0.493 e. The molecule has 5 nitrogen and oxygen atoms in total. The van der Waals surface area contributed by atoms with E-state index in [9.17, 15) is 9.59 Å². The molecule has 1 aliphatic heterocycles.